The summed E-state index contributed by atoms with van der Waals surface area (Å²) in [4.78, 5) is 9.95. The van der Waals surface area contributed by atoms with E-state index in [4.69, 9.17) is 9.26 Å². The molecule has 6 heteroatoms. The van der Waals surface area contributed by atoms with Gasteiger partial charge in [0.1, 0.15) is 23.0 Å². The van der Waals surface area contributed by atoms with Gasteiger partial charge in [-0.05, 0) is 19.1 Å². The van der Waals surface area contributed by atoms with Crippen LogP contribution in [0.1, 0.15) is 22.8 Å². The molecule has 0 unspecified atom stereocenters. The van der Waals surface area contributed by atoms with E-state index in [9.17, 15) is 0 Å². The van der Waals surface area contributed by atoms with Crippen molar-refractivity contribution in [3.63, 3.8) is 0 Å². The number of ether oxygens (including phenoxy) is 1. The number of hydrogen-bond acceptors (Lipinski definition) is 5. The highest BCUT2D eigenvalue weighted by atomic mass is 16.5. The fourth-order valence-corrected chi connectivity index (χ4v) is 3.19. The first-order valence-electron chi connectivity index (χ1n) is 8.07. The highest BCUT2D eigenvalue weighted by molar-refractivity contribution is 5.65. The Morgan fingerprint density at radius 1 is 1.38 bits per heavy atom. The van der Waals surface area contributed by atoms with Crippen LogP contribution < -0.4 is 4.74 Å². The summed E-state index contributed by atoms with van der Waals surface area (Å²) < 4.78 is 10.9. The van der Waals surface area contributed by atoms with Gasteiger partial charge in [-0.2, -0.15) is 0 Å². The minimum atomic E-state index is 0.823. The van der Waals surface area contributed by atoms with Gasteiger partial charge >= 0.3 is 0 Å². The van der Waals surface area contributed by atoms with Gasteiger partial charge in [-0.25, -0.2) is 4.98 Å². The van der Waals surface area contributed by atoms with Crippen LogP contribution in [-0.4, -0.2) is 33.7 Å². The summed E-state index contributed by atoms with van der Waals surface area (Å²) in [6.45, 7) is 4.60. The number of methoxy groups -OCH3 is 1. The molecule has 4 rings (SSSR count). The number of aromatic nitrogens is 3. The van der Waals surface area contributed by atoms with Crippen LogP contribution in [0.2, 0.25) is 0 Å². The van der Waals surface area contributed by atoms with E-state index in [-0.39, 0.29) is 0 Å². The van der Waals surface area contributed by atoms with E-state index in [2.05, 4.69) is 20.0 Å². The maximum absolute atomic E-state index is 5.58. The Morgan fingerprint density at radius 2 is 2.29 bits per heavy atom. The molecule has 0 saturated carbocycles. The molecule has 1 aliphatic rings. The number of benzene rings is 1. The third kappa shape index (κ3) is 2.80. The highest BCUT2D eigenvalue weighted by Gasteiger charge is 2.25. The zero-order chi connectivity index (χ0) is 16.5. The average Bonchev–Trinajstić information content (AvgIpc) is 3.21. The topological polar surface area (TPSA) is 67.2 Å². The Morgan fingerprint density at radius 3 is 3.08 bits per heavy atom. The van der Waals surface area contributed by atoms with E-state index in [1.54, 1.807) is 7.11 Å². The van der Waals surface area contributed by atoms with Crippen LogP contribution in [0.3, 0.4) is 0 Å². The largest absolute Gasteiger partial charge is 0.497 e. The van der Waals surface area contributed by atoms with Crippen molar-refractivity contribution in [1.82, 2.24) is 20.0 Å². The SMILES string of the molecule is COc1cccc(-c2noc3c2CN(Cc2cnc(C)[nH]2)CC3)c1. The summed E-state index contributed by atoms with van der Waals surface area (Å²) in [6.07, 6.45) is 2.78. The number of fused-ring (bicyclic) bond motifs is 1. The molecule has 0 fully saturated rings. The fourth-order valence-electron chi connectivity index (χ4n) is 3.19. The number of hydrogen-bond donors (Lipinski definition) is 1. The predicted molar refractivity (Wildman–Crippen MR) is 89.6 cm³/mol. The van der Waals surface area contributed by atoms with Crippen LogP contribution >= 0.6 is 0 Å². The average molecular weight is 324 g/mol. The number of nitrogens with one attached hydrogen (secondary N) is 1. The van der Waals surface area contributed by atoms with Crippen molar-refractivity contribution in [1.29, 1.82) is 0 Å². The van der Waals surface area contributed by atoms with Gasteiger partial charge in [-0.3, -0.25) is 4.90 Å². The molecule has 124 valence electrons. The molecule has 0 amide bonds. The zero-order valence-corrected chi connectivity index (χ0v) is 13.9. The molecule has 0 aliphatic carbocycles. The first-order valence-corrected chi connectivity index (χ1v) is 8.07. The fraction of sp³-hybridized carbons (Fsp3) is 0.333. The summed E-state index contributed by atoms with van der Waals surface area (Å²) in [5.41, 5.74) is 4.24. The van der Waals surface area contributed by atoms with Crippen LogP contribution in [0.4, 0.5) is 0 Å². The molecule has 1 aromatic carbocycles. The van der Waals surface area contributed by atoms with Crippen LogP contribution in [0.5, 0.6) is 5.75 Å². The molecule has 3 heterocycles. The number of imidazole rings is 1. The van der Waals surface area contributed by atoms with Crippen LogP contribution in [0.25, 0.3) is 11.3 Å². The second-order valence-electron chi connectivity index (χ2n) is 6.12. The Labute approximate surface area is 140 Å². The minimum Gasteiger partial charge on any atom is -0.497 e. The smallest absolute Gasteiger partial charge is 0.143 e. The molecule has 1 N–H and O–H groups in total. The van der Waals surface area contributed by atoms with Crippen molar-refractivity contribution in [2.75, 3.05) is 13.7 Å². The first kappa shape index (κ1) is 15.0. The highest BCUT2D eigenvalue weighted by Crippen LogP contribution is 2.31. The van der Waals surface area contributed by atoms with Crippen molar-refractivity contribution < 1.29 is 9.26 Å². The first-order chi connectivity index (χ1) is 11.7. The molecular formula is C18H20N4O2. The van der Waals surface area contributed by atoms with Gasteiger partial charge in [-0.15, -0.1) is 0 Å². The Balaban J connectivity index is 1.59. The molecule has 1 aliphatic heterocycles. The lowest BCUT2D eigenvalue weighted by Crippen LogP contribution is -2.29. The summed E-state index contributed by atoms with van der Waals surface area (Å²) >= 11 is 0. The number of H-pyrrole nitrogens is 1. The molecule has 0 atom stereocenters. The second-order valence-corrected chi connectivity index (χ2v) is 6.12. The van der Waals surface area contributed by atoms with Crippen LogP contribution in [-0.2, 0) is 19.5 Å². The molecule has 24 heavy (non-hydrogen) atoms. The number of rotatable bonds is 4. The normalized spacial score (nSPS) is 14.6. The van der Waals surface area contributed by atoms with Gasteiger partial charge in [0.15, 0.2) is 0 Å². The molecule has 3 aromatic rings. The second kappa shape index (κ2) is 6.13. The third-order valence-electron chi connectivity index (χ3n) is 4.40. The van der Waals surface area contributed by atoms with Crippen molar-refractivity contribution in [3.05, 3.63) is 53.3 Å². The van der Waals surface area contributed by atoms with Gasteiger partial charge in [0.05, 0.1) is 7.11 Å². The summed E-state index contributed by atoms with van der Waals surface area (Å²) in [5.74, 6) is 2.76. The maximum Gasteiger partial charge on any atom is 0.143 e. The molecule has 0 radical (unpaired) electrons. The number of nitrogens with zero attached hydrogens (tertiary/aromatic N) is 3. The van der Waals surface area contributed by atoms with E-state index >= 15 is 0 Å². The van der Waals surface area contributed by atoms with E-state index in [1.165, 1.54) is 5.56 Å². The van der Waals surface area contributed by atoms with E-state index in [0.29, 0.717) is 0 Å². The van der Waals surface area contributed by atoms with E-state index in [1.807, 2.05) is 37.4 Å². The van der Waals surface area contributed by atoms with Crippen molar-refractivity contribution in [2.24, 2.45) is 0 Å². The maximum atomic E-state index is 5.58. The van der Waals surface area contributed by atoms with Crippen LogP contribution in [0.15, 0.2) is 35.0 Å². The van der Waals surface area contributed by atoms with Crippen molar-refractivity contribution in [2.45, 2.75) is 26.4 Å². The summed E-state index contributed by atoms with van der Waals surface area (Å²) in [5, 5.41) is 4.31. The van der Waals surface area contributed by atoms with Gasteiger partial charge in [0.25, 0.3) is 0 Å². The summed E-state index contributed by atoms with van der Waals surface area (Å²) in [7, 11) is 1.67. The third-order valence-corrected chi connectivity index (χ3v) is 4.40. The summed E-state index contributed by atoms with van der Waals surface area (Å²) in [6, 6.07) is 7.94. The van der Waals surface area contributed by atoms with Crippen molar-refractivity contribution >= 4 is 0 Å². The number of aromatic amines is 1. The Bertz CT molecular complexity index is 852. The molecular weight excluding hydrogens is 304 g/mol. The quantitative estimate of drug-likeness (QED) is 0.799. The van der Waals surface area contributed by atoms with Crippen LogP contribution in [0, 0.1) is 6.92 Å². The van der Waals surface area contributed by atoms with Gasteiger partial charge in [0.2, 0.25) is 0 Å². The number of aryl methyl sites for hydroxylation is 1. The molecule has 0 saturated heterocycles. The monoisotopic (exact) mass is 324 g/mol. The minimum absolute atomic E-state index is 0.823. The van der Waals surface area contributed by atoms with Crippen molar-refractivity contribution in [3.8, 4) is 17.0 Å². The van der Waals surface area contributed by atoms with E-state index < -0.39 is 0 Å². The van der Waals surface area contributed by atoms with Gasteiger partial charge < -0.3 is 14.2 Å². The van der Waals surface area contributed by atoms with Gasteiger partial charge in [0, 0.05) is 49.1 Å². The predicted octanol–water partition coefficient (Wildman–Crippen LogP) is 2.94. The standard InChI is InChI=1S/C18H20N4O2/c1-12-19-9-14(20-12)10-22-7-6-17-16(11-22)18(21-24-17)13-4-3-5-15(8-13)23-2/h3-5,8-9H,6-7,10-11H2,1-2H3,(H,19,20). The molecule has 2 aromatic heterocycles. The lowest BCUT2D eigenvalue weighted by atomic mass is 10.0. The van der Waals surface area contributed by atoms with Gasteiger partial charge in [-0.1, -0.05) is 17.3 Å². The lowest BCUT2D eigenvalue weighted by molar-refractivity contribution is 0.226. The Hall–Kier alpha value is -2.60. The Kier molecular flexibility index (Phi) is 3.82. The molecule has 0 bridgehead atoms. The lowest BCUT2D eigenvalue weighted by Gasteiger charge is -2.25. The molecule has 6 nitrogen and oxygen atoms in total. The zero-order valence-electron chi connectivity index (χ0n) is 13.9. The van der Waals surface area contributed by atoms with E-state index in [0.717, 1.165) is 60.3 Å². The molecule has 0 spiro atoms.